The maximum Gasteiger partial charge on any atom is 0.263 e. The van der Waals surface area contributed by atoms with Crippen LogP contribution < -0.4 is 0 Å². The second kappa shape index (κ2) is 4.33. The van der Waals surface area contributed by atoms with E-state index < -0.39 is 10.0 Å². The van der Waals surface area contributed by atoms with E-state index in [4.69, 9.17) is 0 Å². The highest BCUT2D eigenvalue weighted by Crippen LogP contribution is 2.18. The minimum Gasteiger partial charge on any atom is -0.295 e. The molecule has 0 fully saturated rings. The molecule has 0 saturated carbocycles. The molecule has 1 aliphatic rings. The van der Waals surface area contributed by atoms with Gasteiger partial charge in [-0.15, -0.1) is 0 Å². The first-order valence-electron chi connectivity index (χ1n) is 5.30. The average Bonchev–Trinajstić information content (AvgIpc) is 2.30. The molecule has 1 aliphatic heterocycles. The molecule has 4 nitrogen and oxygen atoms in total. The monoisotopic (exact) mass is 251 g/mol. The zero-order valence-corrected chi connectivity index (χ0v) is 10.3. The molecule has 0 aliphatic carbocycles. The van der Waals surface area contributed by atoms with Gasteiger partial charge in [-0.25, -0.2) is 8.42 Å². The maximum absolute atomic E-state index is 12.2. The van der Waals surface area contributed by atoms with Gasteiger partial charge in [0.15, 0.2) is 5.78 Å². The third-order valence-corrected chi connectivity index (χ3v) is 4.42. The van der Waals surface area contributed by atoms with Crippen LogP contribution in [0.5, 0.6) is 0 Å². The van der Waals surface area contributed by atoms with Gasteiger partial charge in [-0.05, 0) is 25.1 Å². The van der Waals surface area contributed by atoms with Gasteiger partial charge >= 0.3 is 0 Å². The van der Waals surface area contributed by atoms with Gasteiger partial charge in [0.2, 0.25) is 0 Å². The van der Waals surface area contributed by atoms with Crippen molar-refractivity contribution in [2.75, 3.05) is 6.54 Å². The van der Waals surface area contributed by atoms with Gasteiger partial charge in [0.25, 0.3) is 10.0 Å². The molecule has 90 valence electrons. The van der Waals surface area contributed by atoms with Crippen LogP contribution in [0, 0.1) is 6.92 Å². The molecule has 0 saturated heterocycles. The van der Waals surface area contributed by atoms with Gasteiger partial charge in [0.1, 0.15) is 0 Å². The quantitative estimate of drug-likeness (QED) is 0.800. The summed E-state index contributed by atoms with van der Waals surface area (Å²) < 4.78 is 25.5. The van der Waals surface area contributed by atoms with Crippen molar-refractivity contribution in [2.24, 2.45) is 0 Å². The summed E-state index contributed by atoms with van der Waals surface area (Å²) in [7, 11) is -3.51. The minimum atomic E-state index is -3.51. The lowest BCUT2D eigenvalue weighted by Gasteiger charge is -2.22. The number of allylic oxidation sites excluding steroid dienone is 1. The van der Waals surface area contributed by atoms with Crippen LogP contribution in [0.4, 0.5) is 0 Å². The summed E-state index contributed by atoms with van der Waals surface area (Å²) in [4.78, 5) is 11.3. The van der Waals surface area contributed by atoms with Gasteiger partial charge in [0.05, 0.1) is 4.90 Å². The Bertz CT molecular complexity index is 558. The Morgan fingerprint density at radius 2 is 1.82 bits per heavy atom. The van der Waals surface area contributed by atoms with Crippen LogP contribution in [0.1, 0.15) is 12.0 Å². The van der Waals surface area contributed by atoms with Crippen molar-refractivity contribution in [2.45, 2.75) is 18.2 Å². The number of carbonyl (C=O) groups is 1. The third-order valence-electron chi connectivity index (χ3n) is 2.63. The number of nitrogens with zero attached hydrogens (tertiary/aromatic N) is 1. The van der Waals surface area contributed by atoms with E-state index in [1.165, 1.54) is 16.6 Å². The molecule has 17 heavy (non-hydrogen) atoms. The molecule has 0 radical (unpaired) electrons. The predicted molar refractivity (Wildman–Crippen MR) is 63.8 cm³/mol. The number of hydrogen-bond donors (Lipinski definition) is 0. The molecule has 0 aromatic heterocycles. The van der Waals surface area contributed by atoms with Crippen LogP contribution in [0.3, 0.4) is 0 Å². The Kier molecular flexibility index (Phi) is 3.02. The van der Waals surface area contributed by atoms with E-state index in [1.54, 1.807) is 24.3 Å². The largest absolute Gasteiger partial charge is 0.295 e. The van der Waals surface area contributed by atoms with E-state index in [0.29, 0.717) is 0 Å². The Labute approximate surface area is 101 Å². The molecule has 2 rings (SSSR count). The zero-order chi connectivity index (χ0) is 12.5. The van der Waals surface area contributed by atoms with E-state index in [-0.39, 0.29) is 23.6 Å². The number of rotatable bonds is 2. The van der Waals surface area contributed by atoms with Crippen molar-refractivity contribution in [1.29, 1.82) is 0 Å². The van der Waals surface area contributed by atoms with Crippen LogP contribution in [-0.4, -0.2) is 25.1 Å². The maximum atomic E-state index is 12.2. The fraction of sp³-hybridized carbons (Fsp3) is 0.250. The summed E-state index contributed by atoms with van der Waals surface area (Å²) in [6.45, 7) is 2.11. The lowest BCUT2D eigenvalue weighted by Crippen LogP contribution is -2.30. The SMILES string of the molecule is Cc1ccc(S(=O)(=O)N2C=CC(=O)CC2)cc1. The van der Waals surface area contributed by atoms with Crippen molar-refractivity contribution in [3.63, 3.8) is 0 Å². The van der Waals surface area contributed by atoms with Crippen LogP contribution in [0.25, 0.3) is 0 Å². The van der Waals surface area contributed by atoms with Gasteiger partial charge < -0.3 is 0 Å². The lowest BCUT2D eigenvalue weighted by molar-refractivity contribution is -0.115. The molecule has 1 aromatic rings. The van der Waals surface area contributed by atoms with E-state index in [0.717, 1.165) is 5.56 Å². The Balaban J connectivity index is 2.34. The number of hydrogen-bond acceptors (Lipinski definition) is 3. The average molecular weight is 251 g/mol. The summed E-state index contributed by atoms with van der Waals surface area (Å²) in [5.41, 5.74) is 1.01. The lowest BCUT2D eigenvalue weighted by atomic mass is 10.2. The van der Waals surface area contributed by atoms with Gasteiger partial charge in [-0.2, -0.15) is 0 Å². The standard InChI is InChI=1S/C12H13NO3S/c1-10-2-4-12(5-3-10)17(15,16)13-8-6-11(14)7-9-13/h2-6,8H,7,9H2,1H3. The summed E-state index contributed by atoms with van der Waals surface area (Å²) >= 11 is 0. The molecule has 5 heteroatoms. The highest BCUT2D eigenvalue weighted by atomic mass is 32.2. The van der Waals surface area contributed by atoms with Crippen molar-refractivity contribution in [3.05, 3.63) is 42.1 Å². The van der Waals surface area contributed by atoms with Crippen LogP contribution in [0.2, 0.25) is 0 Å². The normalized spacial score (nSPS) is 16.3. The molecule has 0 bridgehead atoms. The van der Waals surface area contributed by atoms with E-state index in [1.807, 2.05) is 6.92 Å². The van der Waals surface area contributed by atoms with Crippen LogP contribution in [-0.2, 0) is 14.8 Å². The Morgan fingerprint density at radius 1 is 1.18 bits per heavy atom. The van der Waals surface area contributed by atoms with Crippen LogP contribution >= 0.6 is 0 Å². The molecular formula is C12H13NO3S. The van der Waals surface area contributed by atoms with E-state index in [2.05, 4.69) is 0 Å². The molecule has 0 spiro atoms. The minimum absolute atomic E-state index is 0.0413. The molecule has 1 heterocycles. The summed E-state index contributed by atoms with van der Waals surface area (Å²) in [6.07, 6.45) is 2.87. The fourth-order valence-electron chi connectivity index (χ4n) is 1.59. The second-order valence-electron chi connectivity index (χ2n) is 3.96. The highest BCUT2D eigenvalue weighted by molar-refractivity contribution is 7.89. The first-order valence-corrected chi connectivity index (χ1v) is 6.74. The smallest absolute Gasteiger partial charge is 0.263 e. The highest BCUT2D eigenvalue weighted by Gasteiger charge is 2.23. The zero-order valence-electron chi connectivity index (χ0n) is 9.46. The topological polar surface area (TPSA) is 54.5 Å². The van der Waals surface area contributed by atoms with Gasteiger partial charge in [0, 0.05) is 19.2 Å². The predicted octanol–water partition coefficient (Wildman–Crippen LogP) is 1.47. The summed E-state index contributed by atoms with van der Waals surface area (Å²) in [5.74, 6) is -0.0413. The summed E-state index contributed by atoms with van der Waals surface area (Å²) in [5, 5.41) is 0. The summed E-state index contributed by atoms with van der Waals surface area (Å²) in [6, 6.07) is 6.67. The van der Waals surface area contributed by atoms with Crippen molar-refractivity contribution < 1.29 is 13.2 Å². The van der Waals surface area contributed by atoms with Gasteiger partial charge in [-0.1, -0.05) is 17.7 Å². The number of sulfonamides is 1. The third kappa shape index (κ3) is 2.39. The first-order chi connectivity index (χ1) is 8.00. The Hall–Kier alpha value is -1.62. The van der Waals surface area contributed by atoms with E-state index >= 15 is 0 Å². The Morgan fingerprint density at radius 3 is 2.35 bits per heavy atom. The fourth-order valence-corrected chi connectivity index (χ4v) is 2.89. The van der Waals surface area contributed by atoms with Gasteiger partial charge in [-0.3, -0.25) is 9.10 Å². The first kappa shape index (κ1) is 11.9. The van der Waals surface area contributed by atoms with E-state index in [9.17, 15) is 13.2 Å². The number of benzene rings is 1. The number of carbonyl (C=O) groups excluding carboxylic acids is 1. The molecule has 1 aromatic carbocycles. The second-order valence-corrected chi connectivity index (χ2v) is 5.85. The molecular weight excluding hydrogens is 238 g/mol. The van der Waals surface area contributed by atoms with Crippen molar-refractivity contribution in [3.8, 4) is 0 Å². The molecule has 0 N–H and O–H groups in total. The van der Waals surface area contributed by atoms with Crippen molar-refractivity contribution >= 4 is 15.8 Å². The van der Waals surface area contributed by atoms with Crippen molar-refractivity contribution in [1.82, 2.24) is 4.31 Å². The number of aryl methyl sites for hydroxylation is 1. The molecule has 0 atom stereocenters. The molecule has 0 amide bonds. The number of ketones is 1. The molecule has 0 unspecified atom stereocenters. The van der Waals surface area contributed by atoms with Crippen LogP contribution in [0.15, 0.2) is 41.4 Å².